The van der Waals surface area contributed by atoms with E-state index in [4.69, 9.17) is 11.6 Å². The van der Waals surface area contributed by atoms with Crippen LogP contribution in [-0.4, -0.2) is 0 Å². The first-order valence-corrected chi connectivity index (χ1v) is 11.3. The molecule has 0 saturated carbocycles. The van der Waals surface area contributed by atoms with Gasteiger partial charge in [-0.3, -0.25) is 0 Å². The maximum atomic E-state index is 5.67. The number of halogens is 2. The average molecular weight is 349 g/mol. The molecule has 3 unspecified atom stereocenters. The fourth-order valence-corrected chi connectivity index (χ4v) is 1.58. The second-order valence-electron chi connectivity index (χ2n) is 2.65. The molecule has 0 saturated heterocycles. The monoisotopic (exact) mass is 348 g/mol. The van der Waals surface area contributed by atoms with Crippen molar-refractivity contribution in [3.05, 3.63) is 33.8 Å². The molecule has 1 aromatic carbocycles. The molecule has 0 nitrogen and oxygen atoms in total. The third-order valence-corrected chi connectivity index (χ3v) is 2.23. The van der Waals surface area contributed by atoms with Crippen LogP contribution in [0.15, 0.2) is 22.7 Å². The lowest BCUT2D eigenvalue weighted by Gasteiger charge is -2.00. The first-order valence-electron chi connectivity index (χ1n) is 3.82. The molecule has 0 fully saturated rings. The highest BCUT2D eigenvalue weighted by Crippen LogP contribution is 2.59. The van der Waals surface area contributed by atoms with E-state index in [2.05, 4.69) is 55.7 Å². The summed E-state index contributed by atoms with van der Waals surface area (Å²) in [6, 6.07) is 6.11. The number of aryl methyl sites for hydroxylation is 1. The Kier molecular flexibility index (Phi) is 9.89. The summed E-state index contributed by atoms with van der Waals surface area (Å²) in [6.07, 6.45) is 0. The number of hydrogen-bond donors (Lipinski definition) is 0. The summed E-state index contributed by atoms with van der Waals surface area (Å²) in [5, 5.41) is 0. The summed E-state index contributed by atoms with van der Waals surface area (Å²) >= 11 is 9.05. The Morgan fingerprint density at radius 3 is 2.21 bits per heavy atom. The van der Waals surface area contributed by atoms with Gasteiger partial charge in [0.1, 0.15) is 0 Å². The fourth-order valence-electron chi connectivity index (χ4n) is 0.809. The van der Waals surface area contributed by atoms with Crippen molar-refractivity contribution in [2.24, 2.45) is 0 Å². The van der Waals surface area contributed by atoms with Gasteiger partial charge in [-0.1, -0.05) is 22.0 Å². The molecule has 14 heavy (non-hydrogen) atoms. The zero-order chi connectivity index (χ0) is 11.1. The van der Waals surface area contributed by atoms with Crippen molar-refractivity contribution >= 4 is 61.3 Å². The zero-order valence-electron chi connectivity index (χ0n) is 7.87. The fraction of sp³-hybridized carbons (Fsp3) is 0.250. The van der Waals surface area contributed by atoms with Crippen molar-refractivity contribution in [1.82, 2.24) is 0 Å². The van der Waals surface area contributed by atoms with E-state index in [0.29, 0.717) is 5.88 Å². The topological polar surface area (TPSA) is 0 Å². The van der Waals surface area contributed by atoms with Crippen molar-refractivity contribution in [2.45, 2.75) is 12.8 Å². The highest BCUT2D eigenvalue weighted by atomic mass is 79.9. The Hall–Kier alpha value is 1.71. The molecule has 80 valence electrons. The van der Waals surface area contributed by atoms with E-state index >= 15 is 0 Å². The smallest absolute Gasteiger partial charge is 0.0476 e. The van der Waals surface area contributed by atoms with Gasteiger partial charge in [-0.15, -0.1) is 38.4 Å². The highest BCUT2D eigenvalue weighted by molar-refractivity contribution is 9.10. The van der Waals surface area contributed by atoms with Gasteiger partial charge in [-0.05, 0) is 37.2 Å². The number of hydrogen-bond acceptors (Lipinski definition) is 0. The van der Waals surface area contributed by atoms with Gasteiger partial charge in [0, 0.05) is 10.4 Å². The normalized spacial score (nSPS) is 9.64. The summed E-state index contributed by atoms with van der Waals surface area (Å²) in [4.78, 5) is 0. The van der Waals surface area contributed by atoms with E-state index < -0.39 is 0 Å². The highest BCUT2D eigenvalue weighted by Gasteiger charge is 1.95. The molecular formula is C8H14BrClP4. The second kappa shape index (κ2) is 8.82. The van der Waals surface area contributed by atoms with E-state index in [1.165, 1.54) is 11.1 Å². The van der Waals surface area contributed by atoms with E-state index in [0.717, 1.165) is 4.47 Å². The summed E-state index contributed by atoms with van der Waals surface area (Å²) in [7, 11) is 7.94. The van der Waals surface area contributed by atoms with Crippen LogP contribution in [0, 0.1) is 6.92 Å². The Balaban J connectivity index is 0.000000364. The van der Waals surface area contributed by atoms with Crippen molar-refractivity contribution in [2.75, 3.05) is 0 Å². The standard InChI is InChI=1S/C8H8BrCl.H6P4/c1-6-4-8(9)3-2-7(6)5-10;1-4(2)3/h2-4H,5H2,1H3;1-3H2. The van der Waals surface area contributed by atoms with Gasteiger partial charge in [-0.2, -0.15) is 0 Å². The molecule has 6 heteroatoms. The lowest BCUT2D eigenvalue weighted by Crippen LogP contribution is -1.82. The van der Waals surface area contributed by atoms with Crippen molar-refractivity contribution in [1.29, 1.82) is 0 Å². The van der Waals surface area contributed by atoms with Gasteiger partial charge in [-0.25, -0.2) is 0 Å². The number of alkyl halides is 1. The van der Waals surface area contributed by atoms with Crippen molar-refractivity contribution < 1.29 is 0 Å². The minimum atomic E-state index is 0.130. The number of benzene rings is 1. The third-order valence-electron chi connectivity index (χ3n) is 1.45. The van der Waals surface area contributed by atoms with Crippen LogP contribution in [0.3, 0.4) is 0 Å². The Bertz CT molecular complexity index is 277. The van der Waals surface area contributed by atoms with Gasteiger partial charge in [0.25, 0.3) is 0 Å². The molecule has 1 rings (SSSR count). The Morgan fingerprint density at radius 1 is 1.36 bits per heavy atom. The molecule has 0 radical (unpaired) electrons. The molecule has 0 aliphatic heterocycles. The van der Waals surface area contributed by atoms with E-state index in [9.17, 15) is 0 Å². The molecule has 0 spiro atoms. The van der Waals surface area contributed by atoms with Crippen LogP contribution in [0.1, 0.15) is 11.1 Å². The molecule has 3 atom stereocenters. The summed E-state index contributed by atoms with van der Waals surface area (Å²) in [5.41, 5.74) is 2.44. The van der Waals surface area contributed by atoms with E-state index in [1.54, 1.807) is 0 Å². The maximum Gasteiger partial charge on any atom is 0.0476 e. The first kappa shape index (κ1) is 15.7. The largest absolute Gasteiger partial charge is 0.122 e. The van der Waals surface area contributed by atoms with Crippen molar-refractivity contribution in [3.8, 4) is 0 Å². The van der Waals surface area contributed by atoms with Crippen LogP contribution >= 0.6 is 61.3 Å². The van der Waals surface area contributed by atoms with Crippen LogP contribution in [0.4, 0.5) is 0 Å². The van der Waals surface area contributed by atoms with Gasteiger partial charge < -0.3 is 0 Å². The second-order valence-corrected chi connectivity index (χ2v) is 15.5. The molecule has 1 aromatic rings. The molecule has 0 aromatic heterocycles. The Labute approximate surface area is 108 Å². The quantitative estimate of drug-likeness (QED) is 0.474. The van der Waals surface area contributed by atoms with Crippen LogP contribution in [0.2, 0.25) is 0 Å². The minimum absolute atomic E-state index is 0.130. The predicted octanol–water partition coefficient (Wildman–Crippen LogP) is 5.33. The SMILES string of the molecule is Cc1cc(Br)ccc1CCl.PP(P)P. The average Bonchev–Trinajstić information content (AvgIpc) is 2.03. The first-order chi connectivity index (χ1) is 6.47. The van der Waals surface area contributed by atoms with Gasteiger partial charge in [0.2, 0.25) is 0 Å². The van der Waals surface area contributed by atoms with Crippen LogP contribution in [0.5, 0.6) is 0 Å². The third kappa shape index (κ3) is 7.93. The molecule has 0 bridgehead atoms. The zero-order valence-corrected chi connectivity index (χ0v) is 14.6. The van der Waals surface area contributed by atoms with E-state index in [-0.39, 0.29) is 6.99 Å². The van der Waals surface area contributed by atoms with Crippen LogP contribution in [0.25, 0.3) is 0 Å². The van der Waals surface area contributed by atoms with Crippen LogP contribution in [-0.2, 0) is 5.88 Å². The molecule has 0 heterocycles. The minimum Gasteiger partial charge on any atom is -0.122 e. The van der Waals surface area contributed by atoms with Crippen LogP contribution < -0.4 is 0 Å². The van der Waals surface area contributed by atoms with Gasteiger partial charge in [0.15, 0.2) is 0 Å². The van der Waals surface area contributed by atoms with Gasteiger partial charge in [0.05, 0.1) is 0 Å². The number of rotatable bonds is 1. The molecule has 0 aliphatic carbocycles. The van der Waals surface area contributed by atoms with Gasteiger partial charge >= 0.3 is 0 Å². The molecule has 0 amide bonds. The molecule has 0 aliphatic rings. The summed E-state index contributed by atoms with van der Waals surface area (Å²) in [6.45, 7) is 2.19. The lowest BCUT2D eigenvalue weighted by molar-refractivity contribution is 1.29. The Morgan fingerprint density at radius 2 is 1.86 bits per heavy atom. The summed E-state index contributed by atoms with van der Waals surface area (Å²) < 4.78 is 1.11. The van der Waals surface area contributed by atoms with Crippen molar-refractivity contribution in [3.63, 3.8) is 0 Å². The lowest BCUT2D eigenvalue weighted by atomic mass is 10.1. The predicted molar refractivity (Wildman–Crippen MR) is 84.5 cm³/mol. The summed E-state index contributed by atoms with van der Waals surface area (Å²) in [5.74, 6) is 0.596. The molecule has 0 N–H and O–H groups in total. The molecular weight excluding hydrogens is 335 g/mol. The maximum absolute atomic E-state index is 5.67. The van der Waals surface area contributed by atoms with E-state index in [1.807, 2.05) is 12.1 Å².